The molecule has 1 unspecified atom stereocenters. The van der Waals surface area contributed by atoms with Crippen molar-refractivity contribution in [3.63, 3.8) is 0 Å². The maximum absolute atomic E-state index is 13.1. The van der Waals surface area contributed by atoms with Gasteiger partial charge in [-0.1, -0.05) is 30.3 Å². The monoisotopic (exact) mass is 366 g/mol. The first kappa shape index (κ1) is 18.7. The van der Waals surface area contributed by atoms with Gasteiger partial charge in [0, 0.05) is 13.6 Å². The van der Waals surface area contributed by atoms with Gasteiger partial charge in [0.15, 0.2) is 0 Å². The Labute approximate surface area is 158 Å². The van der Waals surface area contributed by atoms with Crippen LogP contribution in [0.5, 0.6) is 5.75 Å². The van der Waals surface area contributed by atoms with Gasteiger partial charge < -0.3 is 15.0 Å². The van der Waals surface area contributed by atoms with Gasteiger partial charge in [-0.05, 0) is 59.2 Å². The fourth-order valence-corrected chi connectivity index (χ4v) is 2.95. The van der Waals surface area contributed by atoms with Crippen LogP contribution in [0.25, 0.3) is 10.8 Å². The van der Waals surface area contributed by atoms with E-state index in [-0.39, 0.29) is 17.9 Å². The molecule has 0 bridgehead atoms. The third-order valence-electron chi connectivity index (χ3n) is 4.81. The molecule has 0 fully saturated rings. The maximum Gasteiger partial charge on any atom is 0.317 e. The van der Waals surface area contributed by atoms with Gasteiger partial charge in [-0.2, -0.15) is 0 Å². The highest BCUT2D eigenvalue weighted by atomic mass is 19.1. The number of hydrogen-bond donors (Lipinski definition) is 1. The average molecular weight is 366 g/mol. The lowest BCUT2D eigenvalue weighted by Crippen LogP contribution is -2.38. The van der Waals surface area contributed by atoms with E-state index in [9.17, 15) is 9.18 Å². The van der Waals surface area contributed by atoms with Gasteiger partial charge in [-0.15, -0.1) is 0 Å². The topological polar surface area (TPSA) is 41.6 Å². The van der Waals surface area contributed by atoms with E-state index in [0.29, 0.717) is 6.54 Å². The second kappa shape index (κ2) is 8.08. The number of nitrogens with one attached hydrogen (secondary N) is 1. The summed E-state index contributed by atoms with van der Waals surface area (Å²) in [6.07, 6.45) is 0. The Bertz CT molecular complexity index is 941. The number of carbonyl (C=O) groups excluding carboxylic acids is 1. The number of nitrogens with zero attached hydrogens (tertiary/aromatic N) is 1. The molecule has 1 atom stereocenters. The predicted molar refractivity (Wildman–Crippen MR) is 105 cm³/mol. The van der Waals surface area contributed by atoms with Crippen molar-refractivity contribution < 1.29 is 13.9 Å². The molecule has 2 amide bonds. The van der Waals surface area contributed by atoms with Crippen LogP contribution in [0.3, 0.4) is 0 Å². The van der Waals surface area contributed by atoms with Crippen LogP contribution in [0.15, 0.2) is 60.7 Å². The summed E-state index contributed by atoms with van der Waals surface area (Å²) in [4.78, 5) is 14.1. The molecule has 3 aromatic carbocycles. The van der Waals surface area contributed by atoms with Gasteiger partial charge in [0.25, 0.3) is 0 Å². The largest absolute Gasteiger partial charge is 0.497 e. The van der Waals surface area contributed by atoms with E-state index >= 15 is 0 Å². The minimum atomic E-state index is -0.285. The molecule has 5 heteroatoms. The van der Waals surface area contributed by atoms with Gasteiger partial charge >= 0.3 is 6.03 Å². The molecule has 0 aliphatic rings. The van der Waals surface area contributed by atoms with E-state index in [1.54, 1.807) is 31.2 Å². The summed E-state index contributed by atoms with van der Waals surface area (Å²) >= 11 is 0. The molecule has 3 rings (SSSR count). The Morgan fingerprint density at radius 1 is 1.07 bits per heavy atom. The Kier molecular flexibility index (Phi) is 5.60. The number of amides is 2. The number of rotatable bonds is 5. The summed E-state index contributed by atoms with van der Waals surface area (Å²) in [6, 6.07) is 17.8. The molecule has 3 aromatic rings. The van der Waals surface area contributed by atoms with E-state index in [0.717, 1.165) is 27.6 Å². The minimum Gasteiger partial charge on any atom is -0.497 e. The molecular weight excluding hydrogens is 343 g/mol. The lowest BCUT2D eigenvalue weighted by molar-refractivity contribution is 0.194. The zero-order valence-corrected chi connectivity index (χ0v) is 15.7. The summed E-state index contributed by atoms with van der Waals surface area (Å²) < 4.78 is 18.3. The summed E-state index contributed by atoms with van der Waals surface area (Å²) in [5.41, 5.74) is 1.90. The molecule has 0 saturated heterocycles. The molecule has 27 heavy (non-hydrogen) atoms. The van der Waals surface area contributed by atoms with Crippen LogP contribution in [0.1, 0.15) is 24.1 Å². The Morgan fingerprint density at radius 3 is 2.44 bits per heavy atom. The Hall–Kier alpha value is -3.08. The second-order valence-corrected chi connectivity index (χ2v) is 6.54. The smallest absolute Gasteiger partial charge is 0.317 e. The van der Waals surface area contributed by atoms with E-state index in [2.05, 4.69) is 11.4 Å². The van der Waals surface area contributed by atoms with Crippen molar-refractivity contribution in [2.45, 2.75) is 19.5 Å². The van der Waals surface area contributed by atoms with Gasteiger partial charge in [-0.25, -0.2) is 9.18 Å². The normalized spacial score (nSPS) is 11.9. The van der Waals surface area contributed by atoms with E-state index < -0.39 is 0 Å². The van der Waals surface area contributed by atoms with Crippen molar-refractivity contribution in [1.82, 2.24) is 10.2 Å². The summed E-state index contributed by atoms with van der Waals surface area (Å²) in [5, 5.41) is 5.12. The molecule has 0 aliphatic carbocycles. The number of carbonyl (C=O) groups is 1. The van der Waals surface area contributed by atoms with Gasteiger partial charge in [0.05, 0.1) is 13.2 Å². The number of methoxy groups -OCH3 is 1. The maximum atomic E-state index is 13.1. The van der Waals surface area contributed by atoms with Gasteiger partial charge in [0.2, 0.25) is 0 Å². The minimum absolute atomic E-state index is 0.158. The number of urea groups is 1. The van der Waals surface area contributed by atoms with Gasteiger partial charge in [-0.3, -0.25) is 0 Å². The first-order valence-electron chi connectivity index (χ1n) is 8.81. The van der Waals surface area contributed by atoms with E-state index in [1.807, 2.05) is 37.3 Å². The van der Waals surface area contributed by atoms with Crippen LogP contribution in [-0.2, 0) is 6.54 Å². The molecule has 1 N–H and O–H groups in total. The quantitative estimate of drug-likeness (QED) is 0.698. The molecular formula is C22H23FN2O2. The second-order valence-electron chi connectivity index (χ2n) is 6.54. The van der Waals surface area contributed by atoms with E-state index in [1.165, 1.54) is 12.1 Å². The fraction of sp³-hybridized carbons (Fsp3) is 0.227. The third-order valence-corrected chi connectivity index (χ3v) is 4.81. The first-order chi connectivity index (χ1) is 13.0. The SMILES string of the molecule is COc1ccc2cc(CNC(=O)N(C)C(C)c3ccc(F)cc3)ccc2c1. The zero-order chi connectivity index (χ0) is 19.4. The van der Waals surface area contributed by atoms with Crippen molar-refractivity contribution in [3.8, 4) is 5.75 Å². The van der Waals surface area contributed by atoms with Crippen molar-refractivity contribution in [3.05, 3.63) is 77.6 Å². The third kappa shape index (κ3) is 4.37. The van der Waals surface area contributed by atoms with Crippen LogP contribution >= 0.6 is 0 Å². The summed E-state index contributed by atoms with van der Waals surface area (Å²) in [5.74, 6) is 0.534. The Balaban J connectivity index is 1.64. The lowest BCUT2D eigenvalue weighted by Gasteiger charge is -2.25. The van der Waals surface area contributed by atoms with Crippen molar-refractivity contribution in [2.24, 2.45) is 0 Å². The van der Waals surface area contributed by atoms with Crippen molar-refractivity contribution in [2.75, 3.05) is 14.2 Å². The number of fused-ring (bicyclic) bond motifs is 1. The van der Waals surface area contributed by atoms with Crippen molar-refractivity contribution >= 4 is 16.8 Å². The van der Waals surface area contributed by atoms with Crippen LogP contribution in [0, 0.1) is 5.82 Å². The highest BCUT2D eigenvalue weighted by Crippen LogP contribution is 2.22. The highest BCUT2D eigenvalue weighted by Gasteiger charge is 2.17. The lowest BCUT2D eigenvalue weighted by atomic mass is 10.1. The zero-order valence-electron chi connectivity index (χ0n) is 15.7. The van der Waals surface area contributed by atoms with Gasteiger partial charge in [0.1, 0.15) is 11.6 Å². The van der Waals surface area contributed by atoms with Crippen molar-refractivity contribution in [1.29, 1.82) is 0 Å². The number of benzene rings is 3. The molecule has 4 nitrogen and oxygen atoms in total. The summed E-state index contributed by atoms with van der Waals surface area (Å²) in [6.45, 7) is 2.34. The van der Waals surface area contributed by atoms with E-state index in [4.69, 9.17) is 4.74 Å². The van der Waals surface area contributed by atoms with Crippen LogP contribution in [0.2, 0.25) is 0 Å². The number of ether oxygens (including phenoxy) is 1. The van der Waals surface area contributed by atoms with Crippen LogP contribution in [-0.4, -0.2) is 25.1 Å². The fourth-order valence-electron chi connectivity index (χ4n) is 2.95. The first-order valence-corrected chi connectivity index (χ1v) is 8.81. The molecule has 0 heterocycles. The molecule has 0 saturated carbocycles. The van der Waals surface area contributed by atoms with Crippen LogP contribution < -0.4 is 10.1 Å². The highest BCUT2D eigenvalue weighted by molar-refractivity contribution is 5.84. The standard InChI is InChI=1S/C22H23FN2O2/c1-15(17-6-9-20(23)10-7-17)25(2)22(26)24-14-16-4-5-19-13-21(27-3)11-8-18(19)12-16/h4-13,15H,14H2,1-3H3,(H,24,26). The average Bonchev–Trinajstić information content (AvgIpc) is 2.70. The molecule has 140 valence electrons. The Morgan fingerprint density at radius 2 is 1.74 bits per heavy atom. The molecule has 0 radical (unpaired) electrons. The number of hydrogen-bond acceptors (Lipinski definition) is 2. The molecule has 0 spiro atoms. The molecule has 0 aliphatic heterocycles. The summed E-state index contributed by atoms with van der Waals surface area (Å²) in [7, 11) is 3.38. The molecule has 0 aromatic heterocycles. The van der Waals surface area contributed by atoms with Crippen LogP contribution in [0.4, 0.5) is 9.18 Å². The number of halogens is 1. The predicted octanol–water partition coefficient (Wildman–Crippen LogP) is 4.89.